The zero-order valence-corrected chi connectivity index (χ0v) is 20.7. The number of nitriles is 1. The highest BCUT2D eigenvalue weighted by Crippen LogP contribution is 2.44. The number of alkyl halides is 3. The highest BCUT2D eigenvalue weighted by molar-refractivity contribution is 6.32. The summed E-state index contributed by atoms with van der Waals surface area (Å²) < 4.78 is 50.2. The maximum atomic E-state index is 13.0. The van der Waals surface area contributed by atoms with Gasteiger partial charge in [-0.1, -0.05) is 29.8 Å². The molecule has 0 heterocycles. The molecule has 0 atom stereocenters. The first-order valence-electron chi connectivity index (χ1n) is 10.9. The molecule has 3 aromatic carbocycles. The SMILES string of the molecule is CCOc1cc(/C=C(\C#N)C(=O)Nc2ccccc2C)cc(Cl)c1Oc1ccc(C(F)(F)F)cc1[N+](=O)[O-]. The van der Waals surface area contributed by atoms with Crippen LogP contribution in [0.1, 0.15) is 23.6 Å². The topological polar surface area (TPSA) is 114 Å². The Hall–Kier alpha value is -4.56. The third-order valence-electron chi connectivity index (χ3n) is 5.10. The molecule has 0 aliphatic heterocycles. The van der Waals surface area contributed by atoms with Gasteiger partial charge >= 0.3 is 11.9 Å². The number of nitro benzene ring substituents is 1. The Morgan fingerprint density at radius 2 is 1.89 bits per heavy atom. The van der Waals surface area contributed by atoms with Crippen LogP contribution in [-0.4, -0.2) is 17.4 Å². The van der Waals surface area contributed by atoms with E-state index < -0.39 is 34.0 Å². The molecule has 3 rings (SSSR count). The van der Waals surface area contributed by atoms with E-state index in [-0.39, 0.29) is 34.3 Å². The fourth-order valence-corrected chi connectivity index (χ4v) is 3.54. The van der Waals surface area contributed by atoms with E-state index in [0.717, 1.165) is 11.6 Å². The fraction of sp³-hybridized carbons (Fsp3) is 0.154. The molecule has 0 aliphatic carbocycles. The molecule has 0 bridgehead atoms. The average Bonchev–Trinajstić information content (AvgIpc) is 2.85. The Kier molecular flexibility index (Phi) is 8.60. The standard InChI is InChI=1S/C26H19ClF3N3O5/c1-3-37-23-12-16(10-17(14-31)25(34)32-20-7-5-4-6-15(20)2)11-19(27)24(23)38-22-9-8-18(26(28,29)30)13-21(22)33(35)36/h4-13H,3H2,1-2H3,(H,32,34)/b17-10+. The number of ether oxygens (including phenoxy) is 2. The molecule has 0 aliphatic rings. The Bertz CT molecular complexity index is 1470. The molecule has 0 aromatic heterocycles. The van der Waals surface area contributed by atoms with Gasteiger partial charge in [0, 0.05) is 11.8 Å². The second-order valence-corrected chi connectivity index (χ2v) is 8.15. The summed E-state index contributed by atoms with van der Waals surface area (Å²) in [5, 5.41) is 23.5. The Morgan fingerprint density at radius 3 is 2.50 bits per heavy atom. The van der Waals surface area contributed by atoms with Gasteiger partial charge in [0.1, 0.15) is 11.6 Å². The number of aryl methyl sites for hydroxylation is 1. The number of anilines is 1. The van der Waals surface area contributed by atoms with Crippen LogP contribution >= 0.6 is 11.6 Å². The summed E-state index contributed by atoms with van der Waals surface area (Å²) in [5.41, 5.74) is -0.821. The Morgan fingerprint density at radius 1 is 1.18 bits per heavy atom. The number of para-hydroxylation sites is 1. The maximum Gasteiger partial charge on any atom is 0.416 e. The largest absolute Gasteiger partial charge is 0.490 e. The number of benzene rings is 3. The van der Waals surface area contributed by atoms with Crippen molar-refractivity contribution in [2.24, 2.45) is 0 Å². The van der Waals surface area contributed by atoms with E-state index in [4.69, 9.17) is 21.1 Å². The molecule has 1 N–H and O–H groups in total. The monoisotopic (exact) mass is 545 g/mol. The van der Waals surface area contributed by atoms with Crippen molar-refractivity contribution in [2.75, 3.05) is 11.9 Å². The van der Waals surface area contributed by atoms with Crippen molar-refractivity contribution in [1.82, 2.24) is 0 Å². The molecule has 3 aromatic rings. The molecule has 196 valence electrons. The molecule has 8 nitrogen and oxygen atoms in total. The van der Waals surface area contributed by atoms with Gasteiger partial charge in [-0.2, -0.15) is 18.4 Å². The first kappa shape index (κ1) is 28.0. The van der Waals surface area contributed by atoms with Crippen molar-refractivity contribution in [2.45, 2.75) is 20.0 Å². The fourth-order valence-electron chi connectivity index (χ4n) is 3.28. The van der Waals surface area contributed by atoms with E-state index in [9.17, 15) is 33.3 Å². The highest BCUT2D eigenvalue weighted by atomic mass is 35.5. The number of amides is 1. The first-order valence-corrected chi connectivity index (χ1v) is 11.3. The van der Waals surface area contributed by atoms with Crippen LogP contribution in [0.4, 0.5) is 24.5 Å². The predicted molar refractivity (Wildman–Crippen MR) is 134 cm³/mol. The lowest BCUT2D eigenvalue weighted by Crippen LogP contribution is -2.14. The number of nitro groups is 1. The first-order chi connectivity index (χ1) is 17.9. The molecule has 0 saturated heterocycles. The lowest BCUT2D eigenvalue weighted by Gasteiger charge is -2.15. The van der Waals surface area contributed by atoms with Crippen LogP contribution in [0.5, 0.6) is 17.2 Å². The molecule has 0 spiro atoms. The van der Waals surface area contributed by atoms with Crippen molar-refractivity contribution in [3.05, 3.63) is 92.0 Å². The van der Waals surface area contributed by atoms with Crippen molar-refractivity contribution in [3.8, 4) is 23.3 Å². The lowest BCUT2D eigenvalue weighted by molar-refractivity contribution is -0.385. The normalized spacial score (nSPS) is 11.4. The number of nitrogens with one attached hydrogen (secondary N) is 1. The number of carbonyl (C=O) groups is 1. The Balaban J connectivity index is 1.99. The quantitative estimate of drug-likeness (QED) is 0.137. The van der Waals surface area contributed by atoms with E-state index in [1.54, 1.807) is 38.1 Å². The number of halogens is 4. The summed E-state index contributed by atoms with van der Waals surface area (Å²) >= 11 is 6.35. The summed E-state index contributed by atoms with van der Waals surface area (Å²) in [4.78, 5) is 23.1. The zero-order chi connectivity index (χ0) is 28.0. The zero-order valence-electron chi connectivity index (χ0n) is 19.9. The summed E-state index contributed by atoms with van der Waals surface area (Å²) in [6.07, 6.45) is -3.54. The van der Waals surface area contributed by atoms with Crippen molar-refractivity contribution >= 4 is 35.0 Å². The molecular formula is C26H19ClF3N3O5. The van der Waals surface area contributed by atoms with Crippen molar-refractivity contribution in [1.29, 1.82) is 5.26 Å². The van der Waals surface area contributed by atoms with Gasteiger partial charge in [-0.25, -0.2) is 0 Å². The van der Waals surface area contributed by atoms with Crippen LogP contribution in [0.3, 0.4) is 0 Å². The molecule has 38 heavy (non-hydrogen) atoms. The van der Waals surface area contributed by atoms with Gasteiger partial charge in [-0.15, -0.1) is 0 Å². The van der Waals surface area contributed by atoms with Crippen LogP contribution in [0.2, 0.25) is 5.02 Å². The van der Waals surface area contributed by atoms with Crippen molar-refractivity contribution < 1.29 is 32.4 Å². The van der Waals surface area contributed by atoms with Gasteiger partial charge in [-0.05, 0) is 61.4 Å². The summed E-state index contributed by atoms with van der Waals surface area (Å²) in [5.74, 6) is -1.38. The van der Waals surface area contributed by atoms with E-state index in [2.05, 4.69) is 5.32 Å². The summed E-state index contributed by atoms with van der Waals surface area (Å²) in [7, 11) is 0. The highest BCUT2D eigenvalue weighted by Gasteiger charge is 2.33. The molecule has 0 radical (unpaired) electrons. The third kappa shape index (κ3) is 6.60. The minimum absolute atomic E-state index is 0.0166. The minimum atomic E-state index is -4.80. The average molecular weight is 546 g/mol. The van der Waals surface area contributed by atoms with Gasteiger partial charge in [-0.3, -0.25) is 14.9 Å². The second kappa shape index (κ2) is 11.7. The predicted octanol–water partition coefficient (Wildman–Crippen LogP) is 7.31. The van der Waals surface area contributed by atoms with Gasteiger partial charge < -0.3 is 14.8 Å². The number of carbonyl (C=O) groups excluding carboxylic acids is 1. The smallest absolute Gasteiger partial charge is 0.416 e. The number of hydrogen-bond donors (Lipinski definition) is 1. The molecular weight excluding hydrogens is 527 g/mol. The number of rotatable bonds is 8. The van der Waals surface area contributed by atoms with E-state index in [0.29, 0.717) is 17.8 Å². The molecule has 1 amide bonds. The van der Waals surface area contributed by atoms with Crippen LogP contribution in [0, 0.1) is 28.4 Å². The number of hydrogen-bond acceptors (Lipinski definition) is 6. The number of nitrogens with zero attached hydrogens (tertiary/aromatic N) is 2. The second-order valence-electron chi connectivity index (χ2n) is 7.74. The van der Waals surface area contributed by atoms with Crippen LogP contribution in [0.15, 0.2) is 60.2 Å². The third-order valence-corrected chi connectivity index (χ3v) is 5.38. The molecule has 0 fully saturated rings. The molecule has 0 saturated carbocycles. The minimum Gasteiger partial charge on any atom is -0.490 e. The van der Waals surface area contributed by atoms with Gasteiger partial charge in [0.15, 0.2) is 11.5 Å². The molecule has 12 heteroatoms. The maximum absolute atomic E-state index is 13.0. The van der Waals surface area contributed by atoms with Gasteiger partial charge in [0.05, 0.1) is 22.1 Å². The Labute approximate surface area is 220 Å². The van der Waals surface area contributed by atoms with Crippen LogP contribution in [-0.2, 0) is 11.0 Å². The summed E-state index contributed by atoms with van der Waals surface area (Å²) in [6, 6.07) is 13.3. The van der Waals surface area contributed by atoms with Gasteiger partial charge in [0.25, 0.3) is 5.91 Å². The van der Waals surface area contributed by atoms with Crippen LogP contribution < -0.4 is 14.8 Å². The van der Waals surface area contributed by atoms with Gasteiger partial charge in [0.2, 0.25) is 5.75 Å². The van der Waals surface area contributed by atoms with Crippen molar-refractivity contribution in [3.63, 3.8) is 0 Å². The lowest BCUT2D eigenvalue weighted by atomic mass is 10.1. The van der Waals surface area contributed by atoms with E-state index >= 15 is 0 Å². The van der Waals surface area contributed by atoms with E-state index in [1.165, 1.54) is 18.2 Å². The summed E-state index contributed by atoms with van der Waals surface area (Å²) in [6.45, 7) is 3.53. The van der Waals surface area contributed by atoms with E-state index in [1.807, 2.05) is 6.07 Å². The molecule has 0 unspecified atom stereocenters. The van der Waals surface area contributed by atoms with Crippen LogP contribution in [0.25, 0.3) is 6.08 Å².